The van der Waals surface area contributed by atoms with E-state index in [1.165, 1.54) is 11.1 Å². The van der Waals surface area contributed by atoms with Gasteiger partial charge in [-0.1, -0.05) is 22.9 Å². The summed E-state index contributed by atoms with van der Waals surface area (Å²) in [5, 5.41) is 5.96. The molecule has 3 nitrogen and oxygen atoms in total. The lowest BCUT2D eigenvalue weighted by atomic mass is 10.1. The van der Waals surface area contributed by atoms with Gasteiger partial charge < -0.3 is 10.6 Å². The number of benzene rings is 1. The molecule has 0 aliphatic heterocycles. The monoisotopic (exact) mass is 298 g/mol. The van der Waals surface area contributed by atoms with E-state index in [1.807, 2.05) is 32.9 Å². The Hall–Kier alpha value is -1.03. The van der Waals surface area contributed by atoms with E-state index in [1.54, 1.807) is 0 Å². The topological polar surface area (TPSA) is 41.1 Å². The summed E-state index contributed by atoms with van der Waals surface area (Å²) in [4.78, 5) is 11.4. The van der Waals surface area contributed by atoms with Gasteiger partial charge in [-0.3, -0.25) is 4.79 Å². The Labute approximate surface area is 111 Å². The molecule has 0 aromatic heterocycles. The summed E-state index contributed by atoms with van der Waals surface area (Å²) < 4.78 is 1.12. The molecule has 4 heteroatoms. The van der Waals surface area contributed by atoms with Gasteiger partial charge in [-0.25, -0.2) is 0 Å². The first-order valence-electron chi connectivity index (χ1n) is 5.82. The van der Waals surface area contributed by atoms with E-state index < -0.39 is 0 Å². The number of nitrogens with one attached hydrogen (secondary N) is 2. The third-order valence-corrected chi connectivity index (χ3v) is 3.71. The van der Waals surface area contributed by atoms with Crippen LogP contribution in [0.4, 0.5) is 5.69 Å². The van der Waals surface area contributed by atoms with Crippen molar-refractivity contribution in [2.75, 3.05) is 18.4 Å². The molecule has 0 saturated heterocycles. The first kappa shape index (κ1) is 14.0. The van der Waals surface area contributed by atoms with Crippen molar-refractivity contribution < 1.29 is 4.79 Å². The molecule has 1 amide bonds. The molecule has 94 valence electrons. The smallest absolute Gasteiger partial charge is 0.239 e. The fraction of sp³-hybridized carbons (Fsp3) is 0.462. The molecular formula is C13H19BrN2O. The quantitative estimate of drug-likeness (QED) is 0.877. The minimum atomic E-state index is 0.0325. The number of rotatable bonds is 5. The second-order valence-corrected chi connectivity index (χ2v) is 4.92. The number of carbonyl (C=O) groups excluding carboxylic acids is 1. The average molecular weight is 299 g/mol. The minimum Gasteiger partial charge on any atom is -0.376 e. The van der Waals surface area contributed by atoms with Crippen LogP contribution in [0.5, 0.6) is 0 Å². The fourth-order valence-electron chi connectivity index (χ4n) is 1.56. The van der Waals surface area contributed by atoms with Gasteiger partial charge in [0.15, 0.2) is 0 Å². The van der Waals surface area contributed by atoms with Crippen LogP contribution >= 0.6 is 15.9 Å². The molecule has 0 fully saturated rings. The second kappa shape index (κ2) is 6.64. The maximum Gasteiger partial charge on any atom is 0.239 e. The summed E-state index contributed by atoms with van der Waals surface area (Å²) >= 11 is 3.52. The first-order chi connectivity index (χ1) is 8.04. The van der Waals surface area contributed by atoms with Gasteiger partial charge in [0, 0.05) is 16.7 Å². The summed E-state index contributed by atoms with van der Waals surface area (Å²) in [5.41, 5.74) is 3.32. The highest BCUT2D eigenvalue weighted by Gasteiger charge is 2.04. The predicted octanol–water partition coefficient (Wildman–Crippen LogP) is 3.00. The van der Waals surface area contributed by atoms with Crippen molar-refractivity contribution >= 4 is 27.5 Å². The Morgan fingerprint density at radius 2 is 1.88 bits per heavy atom. The number of hydrogen-bond donors (Lipinski definition) is 2. The molecule has 1 aromatic rings. The molecule has 1 aromatic carbocycles. The van der Waals surface area contributed by atoms with Crippen LogP contribution in [0, 0.1) is 13.8 Å². The van der Waals surface area contributed by atoms with Gasteiger partial charge in [0.25, 0.3) is 0 Å². The molecule has 0 spiro atoms. The molecule has 0 bridgehead atoms. The molecule has 0 aliphatic rings. The lowest BCUT2D eigenvalue weighted by Crippen LogP contribution is -2.30. The number of hydrogen-bond acceptors (Lipinski definition) is 2. The molecule has 17 heavy (non-hydrogen) atoms. The van der Waals surface area contributed by atoms with Crippen LogP contribution in [0.15, 0.2) is 16.6 Å². The Morgan fingerprint density at radius 1 is 1.29 bits per heavy atom. The van der Waals surface area contributed by atoms with Gasteiger partial charge in [-0.15, -0.1) is 0 Å². The normalized spacial score (nSPS) is 10.1. The van der Waals surface area contributed by atoms with E-state index in [9.17, 15) is 4.79 Å². The zero-order valence-electron chi connectivity index (χ0n) is 10.6. The zero-order chi connectivity index (χ0) is 12.8. The predicted molar refractivity (Wildman–Crippen MR) is 75.4 cm³/mol. The standard InChI is InChI=1S/C13H19BrN2O/c1-4-5-15-12(17)8-16-11-6-9(2)13(14)10(3)7-11/h6-7,16H,4-5,8H2,1-3H3,(H,15,17). The second-order valence-electron chi connectivity index (χ2n) is 4.13. The lowest BCUT2D eigenvalue weighted by molar-refractivity contribution is -0.119. The molecular weight excluding hydrogens is 280 g/mol. The minimum absolute atomic E-state index is 0.0325. The van der Waals surface area contributed by atoms with E-state index in [-0.39, 0.29) is 5.91 Å². The third-order valence-electron chi connectivity index (χ3n) is 2.46. The van der Waals surface area contributed by atoms with Crippen molar-refractivity contribution in [3.05, 3.63) is 27.7 Å². The van der Waals surface area contributed by atoms with Crippen molar-refractivity contribution in [3.8, 4) is 0 Å². The van der Waals surface area contributed by atoms with Gasteiger partial charge in [0.2, 0.25) is 5.91 Å². The lowest BCUT2D eigenvalue weighted by Gasteiger charge is -2.10. The van der Waals surface area contributed by atoms with Gasteiger partial charge in [-0.05, 0) is 43.5 Å². The van der Waals surface area contributed by atoms with Crippen LogP contribution in [0.2, 0.25) is 0 Å². The third kappa shape index (κ3) is 4.38. The first-order valence-corrected chi connectivity index (χ1v) is 6.61. The van der Waals surface area contributed by atoms with E-state index in [0.717, 1.165) is 23.1 Å². The molecule has 0 atom stereocenters. The Morgan fingerprint density at radius 3 is 2.41 bits per heavy atom. The summed E-state index contributed by atoms with van der Waals surface area (Å²) in [5.74, 6) is 0.0325. The highest BCUT2D eigenvalue weighted by molar-refractivity contribution is 9.10. The fourth-order valence-corrected chi connectivity index (χ4v) is 1.79. The molecule has 1 rings (SSSR count). The molecule has 0 heterocycles. The average Bonchev–Trinajstić information content (AvgIpc) is 2.30. The Balaban J connectivity index is 2.55. The summed E-state index contributed by atoms with van der Waals surface area (Å²) in [7, 11) is 0. The SMILES string of the molecule is CCCNC(=O)CNc1cc(C)c(Br)c(C)c1. The number of anilines is 1. The van der Waals surface area contributed by atoms with Crippen LogP contribution in [-0.4, -0.2) is 19.0 Å². The van der Waals surface area contributed by atoms with Crippen LogP contribution in [0.3, 0.4) is 0 Å². The van der Waals surface area contributed by atoms with Gasteiger partial charge in [-0.2, -0.15) is 0 Å². The Kier molecular flexibility index (Phi) is 5.48. The molecule has 0 saturated carbocycles. The maximum atomic E-state index is 11.4. The van der Waals surface area contributed by atoms with Crippen molar-refractivity contribution in [1.82, 2.24) is 5.32 Å². The van der Waals surface area contributed by atoms with Crippen LogP contribution in [0.1, 0.15) is 24.5 Å². The highest BCUT2D eigenvalue weighted by atomic mass is 79.9. The van der Waals surface area contributed by atoms with E-state index in [2.05, 4.69) is 26.6 Å². The highest BCUT2D eigenvalue weighted by Crippen LogP contribution is 2.24. The van der Waals surface area contributed by atoms with Crippen molar-refractivity contribution in [1.29, 1.82) is 0 Å². The Bertz CT molecular complexity index is 381. The van der Waals surface area contributed by atoms with Crippen LogP contribution in [0.25, 0.3) is 0 Å². The molecule has 0 unspecified atom stereocenters. The molecule has 2 N–H and O–H groups in total. The van der Waals surface area contributed by atoms with E-state index in [0.29, 0.717) is 6.54 Å². The van der Waals surface area contributed by atoms with Crippen molar-refractivity contribution in [3.63, 3.8) is 0 Å². The molecule has 0 aliphatic carbocycles. The van der Waals surface area contributed by atoms with Gasteiger partial charge in [0.1, 0.15) is 0 Å². The van der Waals surface area contributed by atoms with Crippen LogP contribution in [-0.2, 0) is 4.79 Å². The van der Waals surface area contributed by atoms with Gasteiger partial charge >= 0.3 is 0 Å². The maximum absolute atomic E-state index is 11.4. The summed E-state index contributed by atoms with van der Waals surface area (Å²) in [6.45, 7) is 7.17. The number of carbonyl (C=O) groups is 1. The van der Waals surface area contributed by atoms with Gasteiger partial charge in [0.05, 0.1) is 6.54 Å². The number of halogens is 1. The summed E-state index contributed by atoms with van der Waals surface area (Å²) in [6, 6.07) is 4.06. The van der Waals surface area contributed by atoms with Crippen LogP contribution < -0.4 is 10.6 Å². The van der Waals surface area contributed by atoms with E-state index in [4.69, 9.17) is 0 Å². The number of aryl methyl sites for hydroxylation is 2. The van der Waals surface area contributed by atoms with E-state index >= 15 is 0 Å². The molecule has 0 radical (unpaired) electrons. The largest absolute Gasteiger partial charge is 0.376 e. The van der Waals surface area contributed by atoms with Crippen molar-refractivity contribution in [2.45, 2.75) is 27.2 Å². The van der Waals surface area contributed by atoms with Crippen molar-refractivity contribution in [2.24, 2.45) is 0 Å². The summed E-state index contributed by atoms with van der Waals surface area (Å²) in [6.07, 6.45) is 0.961. The zero-order valence-corrected chi connectivity index (χ0v) is 12.1. The number of amides is 1.